The van der Waals surface area contributed by atoms with Gasteiger partial charge in [-0.05, 0) is 37.6 Å². The average Bonchev–Trinajstić information content (AvgIpc) is 2.46. The molecule has 6 nitrogen and oxygen atoms in total. The van der Waals surface area contributed by atoms with Gasteiger partial charge in [-0.2, -0.15) is 0 Å². The van der Waals surface area contributed by atoms with Crippen LogP contribution in [0.3, 0.4) is 0 Å². The molecule has 10 heteroatoms. The number of carbonyl (C=O) groups is 1. The minimum absolute atomic E-state index is 0.00952. The lowest BCUT2D eigenvalue weighted by Gasteiger charge is -2.13. The standard InChI is InChI=1S/C15H21F3N2O4S/c1-3-4-11(2)20-14(21)9-10-19-25(22,23)13-7-5-12(6-8-13)24-15(16,17)18/h5-8,11,19H,3-4,9-10H2,1-2H3,(H,20,21). The molecule has 0 aliphatic carbocycles. The highest BCUT2D eigenvalue weighted by molar-refractivity contribution is 7.89. The Morgan fingerprint density at radius 2 is 1.84 bits per heavy atom. The van der Waals surface area contributed by atoms with Crippen molar-refractivity contribution in [3.63, 3.8) is 0 Å². The van der Waals surface area contributed by atoms with Crippen molar-refractivity contribution in [2.24, 2.45) is 0 Å². The van der Waals surface area contributed by atoms with E-state index in [1.165, 1.54) is 0 Å². The van der Waals surface area contributed by atoms with Crippen molar-refractivity contribution in [3.8, 4) is 5.75 Å². The van der Waals surface area contributed by atoms with E-state index in [-0.39, 0.29) is 29.8 Å². The molecule has 0 saturated carbocycles. The number of ether oxygens (including phenoxy) is 1. The highest BCUT2D eigenvalue weighted by Crippen LogP contribution is 2.23. The summed E-state index contributed by atoms with van der Waals surface area (Å²) in [5.41, 5.74) is 0. The van der Waals surface area contributed by atoms with Gasteiger partial charge in [0.1, 0.15) is 5.75 Å². The lowest BCUT2D eigenvalue weighted by atomic mass is 10.2. The number of benzene rings is 1. The molecule has 0 aromatic heterocycles. The summed E-state index contributed by atoms with van der Waals surface area (Å²) in [6.07, 6.45) is -3.14. The van der Waals surface area contributed by atoms with Crippen molar-refractivity contribution in [2.45, 2.75) is 50.4 Å². The highest BCUT2D eigenvalue weighted by atomic mass is 32.2. The zero-order chi connectivity index (χ0) is 19.1. The molecule has 0 aliphatic rings. The molecule has 1 aromatic carbocycles. The van der Waals surface area contributed by atoms with Gasteiger partial charge in [0.15, 0.2) is 0 Å². The van der Waals surface area contributed by atoms with Gasteiger partial charge in [-0.15, -0.1) is 13.2 Å². The molecule has 2 N–H and O–H groups in total. The lowest BCUT2D eigenvalue weighted by Crippen LogP contribution is -2.35. The molecule has 0 aliphatic heterocycles. The van der Waals surface area contributed by atoms with Crippen LogP contribution in [0.2, 0.25) is 0 Å². The van der Waals surface area contributed by atoms with Gasteiger partial charge in [0.05, 0.1) is 4.90 Å². The molecule has 1 aromatic rings. The summed E-state index contributed by atoms with van der Waals surface area (Å²) in [5.74, 6) is -0.798. The van der Waals surface area contributed by atoms with Crippen molar-refractivity contribution >= 4 is 15.9 Å². The molecule has 1 rings (SSSR count). The number of carbonyl (C=O) groups excluding carboxylic acids is 1. The Kier molecular flexibility index (Phi) is 7.68. The average molecular weight is 382 g/mol. The minimum Gasteiger partial charge on any atom is -0.406 e. The predicted molar refractivity (Wildman–Crippen MR) is 85.4 cm³/mol. The van der Waals surface area contributed by atoms with Crippen LogP contribution in [0.25, 0.3) is 0 Å². The van der Waals surface area contributed by atoms with Gasteiger partial charge in [0, 0.05) is 19.0 Å². The Labute approximate surface area is 144 Å². The van der Waals surface area contributed by atoms with Crippen LogP contribution < -0.4 is 14.8 Å². The maximum Gasteiger partial charge on any atom is 0.573 e. The highest BCUT2D eigenvalue weighted by Gasteiger charge is 2.31. The first-order valence-electron chi connectivity index (χ1n) is 7.68. The number of halogens is 3. The number of amides is 1. The molecule has 0 heterocycles. The Hall–Kier alpha value is -1.81. The van der Waals surface area contributed by atoms with Crippen LogP contribution in [0.4, 0.5) is 13.2 Å². The third kappa shape index (κ3) is 8.21. The van der Waals surface area contributed by atoms with E-state index in [1.54, 1.807) is 0 Å². The fraction of sp³-hybridized carbons (Fsp3) is 0.533. The molecular formula is C15H21F3N2O4S. The quantitative estimate of drug-likeness (QED) is 0.688. The Bertz CT molecular complexity index is 660. The molecule has 1 amide bonds. The molecule has 0 spiro atoms. The maximum absolute atomic E-state index is 12.1. The lowest BCUT2D eigenvalue weighted by molar-refractivity contribution is -0.274. The van der Waals surface area contributed by atoms with Crippen LogP contribution in [0.5, 0.6) is 5.75 Å². The topological polar surface area (TPSA) is 84.5 Å². The van der Waals surface area contributed by atoms with Gasteiger partial charge in [-0.25, -0.2) is 13.1 Å². The van der Waals surface area contributed by atoms with E-state index < -0.39 is 22.1 Å². The SMILES string of the molecule is CCCC(C)NC(=O)CCNS(=O)(=O)c1ccc(OC(F)(F)F)cc1. The van der Waals surface area contributed by atoms with Gasteiger partial charge >= 0.3 is 6.36 Å². The second-order valence-electron chi connectivity index (χ2n) is 5.42. The molecule has 142 valence electrons. The monoisotopic (exact) mass is 382 g/mol. The van der Waals surface area contributed by atoms with Gasteiger partial charge in [0.25, 0.3) is 0 Å². The maximum atomic E-state index is 12.1. The Morgan fingerprint density at radius 3 is 2.36 bits per heavy atom. The smallest absolute Gasteiger partial charge is 0.406 e. The van der Waals surface area contributed by atoms with E-state index in [2.05, 4.69) is 14.8 Å². The van der Waals surface area contributed by atoms with Crippen molar-refractivity contribution in [1.29, 1.82) is 0 Å². The first kappa shape index (κ1) is 21.2. The van der Waals surface area contributed by atoms with Crippen LogP contribution in [0, 0.1) is 0 Å². The van der Waals surface area contributed by atoms with E-state index in [0.29, 0.717) is 0 Å². The number of nitrogens with one attached hydrogen (secondary N) is 2. The van der Waals surface area contributed by atoms with Crippen LogP contribution in [-0.2, 0) is 14.8 Å². The van der Waals surface area contributed by atoms with Crippen molar-refractivity contribution < 1.29 is 31.1 Å². The van der Waals surface area contributed by atoms with Crippen LogP contribution >= 0.6 is 0 Å². The van der Waals surface area contributed by atoms with E-state index in [1.807, 2.05) is 13.8 Å². The molecule has 0 bridgehead atoms. The van der Waals surface area contributed by atoms with Crippen molar-refractivity contribution in [3.05, 3.63) is 24.3 Å². The summed E-state index contributed by atoms with van der Waals surface area (Å²) < 4.78 is 66.2. The fourth-order valence-corrected chi connectivity index (χ4v) is 3.09. The Morgan fingerprint density at radius 1 is 1.24 bits per heavy atom. The molecular weight excluding hydrogens is 361 g/mol. The summed E-state index contributed by atoms with van der Waals surface area (Å²) in [6.45, 7) is 3.73. The number of hydrogen-bond donors (Lipinski definition) is 2. The molecule has 0 radical (unpaired) electrons. The van der Waals surface area contributed by atoms with Gasteiger partial charge < -0.3 is 10.1 Å². The third-order valence-electron chi connectivity index (χ3n) is 3.14. The predicted octanol–water partition coefficient (Wildman–Crippen LogP) is 2.56. The summed E-state index contributed by atoms with van der Waals surface area (Å²) in [4.78, 5) is 11.4. The molecule has 1 atom stereocenters. The minimum atomic E-state index is -4.85. The van der Waals surface area contributed by atoms with E-state index >= 15 is 0 Å². The van der Waals surface area contributed by atoms with Crippen molar-refractivity contribution in [2.75, 3.05) is 6.54 Å². The molecule has 0 fully saturated rings. The summed E-state index contributed by atoms with van der Waals surface area (Å²) >= 11 is 0. The van der Waals surface area contributed by atoms with E-state index in [4.69, 9.17) is 0 Å². The largest absolute Gasteiger partial charge is 0.573 e. The third-order valence-corrected chi connectivity index (χ3v) is 4.62. The number of sulfonamides is 1. The van der Waals surface area contributed by atoms with Crippen LogP contribution in [-0.4, -0.2) is 33.3 Å². The first-order valence-corrected chi connectivity index (χ1v) is 9.16. The van der Waals surface area contributed by atoms with E-state index in [9.17, 15) is 26.4 Å². The van der Waals surface area contributed by atoms with Crippen LogP contribution in [0.1, 0.15) is 33.1 Å². The number of hydrogen-bond acceptors (Lipinski definition) is 4. The summed E-state index contributed by atoms with van der Waals surface area (Å²) in [6, 6.07) is 3.80. The molecule has 25 heavy (non-hydrogen) atoms. The van der Waals surface area contributed by atoms with Gasteiger partial charge in [-0.1, -0.05) is 13.3 Å². The second-order valence-corrected chi connectivity index (χ2v) is 7.19. The number of alkyl halides is 3. The first-order chi connectivity index (χ1) is 11.5. The Balaban J connectivity index is 2.54. The normalized spacial score (nSPS) is 13.3. The summed E-state index contributed by atoms with van der Waals surface area (Å²) in [7, 11) is -3.92. The second kappa shape index (κ2) is 9.04. The molecule has 0 saturated heterocycles. The fourth-order valence-electron chi connectivity index (χ4n) is 2.05. The van der Waals surface area contributed by atoms with Gasteiger partial charge in [0.2, 0.25) is 15.9 Å². The van der Waals surface area contributed by atoms with Crippen LogP contribution in [0.15, 0.2) is 29.2 Å². The van der Waals surface area contributed by atoms with E-state index in [0.717, 1.165) is 37.1 Å². The van der Waals surface area contributed by atoms with Gasteiger partial charge in [-0.3, -0.25) is 4.79 Å². The summed E-state index contributed by atoms with van der Waals surface area (Å²) in [5, 5.41) is 2.74. The molecule has 1 unspecified atom stereocenters. The zero-order valence-electron chi connectivity index (χ0n) is 13.9. The zero-order valence-corrected chi connectivity index (χ0v) is 14.7. The number of rotatable bonds is 9. The van der Waals surface area contributed by atoms with Crippen molar-refractivity contribution in [1.82, 2.24) is 10.0 Å².